The second-order valence-corrected chi connectivity index (χ2v) is 6.92. The molecule has 6 nitrogen and oxygen atoms in total. The van der Waals surface area contributed by atoms with E-state index in [-0.39, 0.29) is 11.9 Å². The molecule has 0 spiro atoms. The summed E-state index contributed by atoms with van der Waals surface area (Å²) in [4.78, 5) is 6.63. The number of hydrogen-bond acceptors (Lipinski definition) is 4. The number of halogens is 1. The Morgan fingerprint density at radius 3 is 2.75 bits per heavy atom. The number of hydrogen-bond donors (Lipinski definition) is 2. The maximum Gasteiger partial charge on any atom is 0.191 e. The summed E-state index contributed by atoms with van der Waals surface area (Å²) in [6, 6.07) is 6.91. The van der Waals surface area contributed by atoms with E-state index in [2.05, 4.69) is 27.4 Å². The number of benzene rings is 1. The molecule has 1 saturated heterocycles. The predicted octanol–water partition coefficient (Wildman–Crippen LogP) is 2.57. The van der Waals surface area contributed by atoms with Crippen LogP contribution in [0.5, 0.6) is 0 Å². The standard InChI is InChI=1S/C21H35FN4O2/c1-3-4-12-27-13-6-9-24-21(23-2)25-17-20(26-10-14-28-15-11-26)18-7-5-8-19(22)16-18/h5,7-8,16,20H,3-4,6,9-15,17H2,1-2H3,(H2,23,24,25). The van der Waals surface area contributed by atoms with E-state index in [9.17, 15) is 4.39 Å². The molecular formula is C21H35FN4O2. The molecule has 1 aromatic rings. The summed E-state index contributed by atoms with van der Waals surface area (Å²) < 4.78 is 24.8. The summed E-state index contributed by atoms with van der Waals surface area (Å²) in [6.45, 7) is 8.28. The molecule has 0 bridgehead atoms. The third-order valence-corrected chi connectivity index (χ3v) is 4.81. The first kappa shape index (κ1) is 22.6. The first-order valence-corrected chi connectivity index (χ1v) is 10.3. The van der Waals surface area contributed by atoms with Crippen molar-refractivity contribution in [3.63, 3.8) is 0 Å². The van der Waals surface area contributed by atoms with Gasteiger partial charge >= 0.3 is 0 Å². The second-order valence-electron chi connectivity index (χ2n) is 6.92. The van der Waals surface area contributed by atoms with Crippen molar-refractivity contribution in [3.05, 3.63) is 35.6 Å². The highest BCUT2D eigenvalue weighted by Gasteiger charge is 2.23. The average molecular weight is 395 g/mol. The summed E-state index contributed by atoms with van der Waals surface area (Å²) in [6.07, 6.45) is 3.20. The fraction of sp³-hybridized carbons (Fsp3) is 0.667. The number of guanidine groups is 1. The van der Waals surface area contributed by atoms with Crippen LogP contribution in [0.4, 0.5) is 4.39 Å². The summed E-state index contributed by atoms with van der Waals surface area (Å²) in [5, 5.41) is 6.71. The van der Waals surface area contributed by atoms with Crippen LogP contribution in [0, 0.1) is 5.82 Å². The molecule has 0 saturated carbocycles. The lowest BCUT2D eigenvalue weighted by Gasteiger charge is -2.35. The zero-order chi connectivity index (χ0) is 20.0. The number of nitrogens with one attached hydrogen (secondary N) is 2. The molecule has 2 rings (SSSR count). The fourth-order valence-corrected chi connectivity index (χ4v) is 3.20. The van der Waals surface area contributed by atoms with Crippen LogP contribution in [-0.2, 0) is 9.47 Å². The zero-order valence-corrected chi connectivity index (χ0v) is 17.3. The van der Waals surface area contributed by atoms with Crippen LogP contribution in [0.2, 0.25) is 0 Å². The monoisotopic (exact) mass is 394 g/mol. The third kappa shape index (κ3) is 8.12. The van der Waals surface area contributed by atoms with Gasteiger partial charge in [0, 0.05) is 46.4 Å². The fourth-order valence-electron chi connectivity index (χ4n) is 3.20. The molecule has 28 heavy (non-hydrogen) atoms. The van der Waals surface area contributed by atoms with E-state index >= 15 is 0 Å². The minimum atomic E-state index is -0.207. The maximum atomic E-state index is 13.8. The minimum Gasteiger partial charge on any atom is -0.381 e. The SMILES string of the molecule is CCCCOCCCNC(=NC)NCC(c1cccc(F)c1)N1CCOCC1. The molecule has 7 heteroatoms. The van der Waals surface area contributed by atoms with Crippen molar-refractivity contribution in [3.8, 4) is 0 Å². The summed E-state index contributed by atoms with van der Waals surface area (Å²) in [5.74, 6) is 0.546. The Balaban J connectivity index is 1.83. The van der Waals surface area contributed by atoms with E-state index in [1.165, 1.54) is 6.07 Å². The number of ether oxygens (including phenoxy) is 2. The van der Waals surface area contributed by atoms with Crippen LogP contribution < -0.4 is 10.6 Å². The molecule has 0 amide bonds. The Morgan fingerprint density at radius 2 is 2.04 bits per heavy atom. The van der Waals surface area contributed by atoms with Gasteiger partial charge in [0.05, 0.1) is 19.3 Å². The molecule has 1 aliphatic rings. The molecule has 0 aliphatic carbocycles. The highest BCUT2D eigenvalue weighted by Crippen LogP contribution is 2.22. The largest absolute Gasteiger partial charge is 0.381 e. The zero-order valence-electron chi connectivity index (χ0n) is 17.3. The average Bonchev–Trinajstić information content (AvgIpc) is 2.72. The van der Waals surface area contributed by atoms with Crippen LogP contribution in [0.1, 0.15) is 37.8 Å². The molecule has 2 N–H and O–H groups in total. The van der Waals surface area contributed by atoms with Gasteiger partial charge in [0.15, 0.2) is 5.96 Å². The van der Waals surface area contributed by atoms with E-state index in [4.69, 9.17) is 9.47 Å². The number of nitrogens with zero attached hydrogens (tertiary/aromatic N) is 2. The van der Waals surface area contributed by atoms with Crippen LogP contribution in [0.15, 0.2) is 29.3 Å². The van der Waals surface area contributed by atoms with Gasteiger partial charge in [-0.15, -0.1) is 0 Å². The van der Waals surface area contributed by atoms with Crippen molar-refractivity contribution in [2.45, 2.75) is 32.2 Å². The topological polar surface area (TPSA) is 58.1 Å². The number of rotatable bonds is 11. The number of unbranched alkanes of at least 4 members (excludes halogenated alkanes) is 1. The third-order valence-electron chi connectivity index (χ3n) is 4.81. The van der Waals surface area contributed by atoms with Crippen molar-refractivity contribution in [2.75, 3.05) is 59.7 Å². The first-order chi connectivity index (χ1) is 13.7. The number of morpholine rings is 1. The maximum absolute atomic E-state index is 13.8. The minimum absolute atomic E-state index is 0.0653. The normalized spacial score (nSPS) is 16.8. The van der Waals surface area contributed by atoms with Gasteiger partial charge < -0.3 is 20.1 Å². The van der Waals surface area contributed by atoms with Crippen molar-refractivity contribution < 1.29 is 13.9 Å². The molecule has 1 heterocycles. The molecule has 1 atom stereocenters. The molecule has 0 aromatic heterocycles. The van der Waals surface area contributed by atoms with Gasteiger partial charge in [0.2, 0.25) is 0 Å². The molecule has 1 unspecified atom stereocenters. The smallest absolute Gasteiger partial charge is 0.191 e. The van der Waals surface area contributed by atoms with Gasteiger partial charge in [0.1, 0.15) is 5.82 Å². The molecule has 1 aromatic carbocycles. The van der Waals surface area contributed by atoms with Crippen molar-refractivity contribution in [1.29, 1.82) is 0 Å². The van der Waals surface area contributed by atoms with Gasteiger partial charge in [-0.05, 0) is 30.5 Å². The van der Waals surface area contributed by atoms with Gasteiger partial charge in [-0.1, -0.05) is 25.5 Å². The van der Waals surface area contributed by atoms with Gasteiger partial charge in [-0.3, -0.25) is 9.89 Å². The Kier molecular flexibility index (Phi) is 10.9. The first-order valence-electron chi connectivity index (χ1n) is 10.3. The molecule has 1 fully saturated rings. The van der Waals surface area contributed by atoms with Gasteiger partial charge in [-0.2, -0.15) is 0 Å². The van der Waals surface area contributed by atoms with E-state index in [0.717, 1.165) is 63.6 Å². The summed E-state index contributed by atoms with van der Waals surface area (Å²) in [5.41, 5.74) is 0.967. The van der Waals surface area contributed by atoms with Crippen LogP contribution >= 0.6 is 0 Å². The molecule has 0 radical (unpaired) electrons. The lowest BCUT2D eigenvalue weighted by Crippen LogP contribution is -2.46. The van der Waals surface area contributed by atoms with Gasteiger partial charge in [-0.25, -0.2) is 4.39 Å². The predicted molar refractivity (Wildman–Crippen MR) is 111 cm³/mol. The van der Waals surface area contributed by atoms with Crippen molar-refractivity contribution >= 4 is 5.96 Å². The van der Waals surface area contributed by atoms with Crippen LogP contribution in [0.25, 0.3) is 0 Å². The van der Waals surface area contributed by atoms with Crippen LogP contribution in [-0.4, -0.2) is 70.5 Å². The van der Waals surface area contributed by atoms with Gasteiger partial charge in [0.25, 0.3) is 0 Å². The Hall–Kier alpha value is -1.70. The lowest BCUT2D eigenvalue weighted by atomic mass is 10.0. The van der Waals surface area contributed by atoms with Crippen molar-refractivity contribution in [2.24, 2.45) is 4.99 Å². The Morgan fingerprint density at radius 1 is 1.25 bits per heavy atom. The van der Waals surface area contributed by atoms with E-state index in [1.54, 1.807) is 19.2 Å². The Labute approximate surface area is 168 Å². The Bertz CT molecular complexity index is 579. The number of aliphatic imine (C=N–C) groups is 1. The highest BCUT2D eigenvalue weighted by molar-refractivity contribution is 5.79. The summed E-state index contributed by atoms with van der Waals surface area (Å²) >= 11 is 0. The van der Waals surface area contributed by atoms with E-state index in [0.29, 0.717) is 19.8 Å². The highest BCUT2D eigenvalue weighted by atomic mass is 19.1. The molecule has 158 valence electrons. The molecular weight excluding hydrogens is 359 g/mol. The second kappa shape index (κ2) is 13.5. The molecule has 1 aliphatic heterocycles. The van der Waals surface area contributed by atoms with Crippen LogP contribution in [0.3, 0.4) is 0 Å². The quantitative estimate of drug-likeness (QED) is 0.343. The lowest BCUT2D eigenvalue weighted by molar-refractivity contribution is 0.0169. The summed E-state index contributed by atoms with van der Waals surface area (Å²) in [7, 11) is 1.76. The van der Waals surface area contributed by atoms with E-state index in [1.807, 2.05) is 6.07 Å². The van der Waals surface area contributed by atoms with E-state index < -0.39 is 0 Å². The van der Waals surface area contributed by atoms with Crippen molar-refractivity contribution in [1.82, 2.24) is 15.5 Å².